The van der Waals surface area contributed by atoms with Gasteiger partial charge in [0, 0.05) is 37.1 Å². The van der Waals surface area contributed by atoms with E-state index in [2.05, 4.69) is 25.2 Å². The molecule has 3 aromatic heterocycles. The molecule has 8 nitrogen and oxygen atoms in total. The molecule has 1 saturated carbocycles. The number of pyridine rings is 1. The van der Waals surface area contributed by atoms with E-state index in [1.807, 2.05) is 0 Å². The number of anilines is 2. The Morgan fingerprint density at radius 3 is 2.93 bits per heavy atom. The Morgan fingerprint density at radius 2 is 2.22 bits per heavy atom. The number of hydrogen-bond acceptors (Lipinski definition) is 6. The van der Waals surface area contributed by atoms with Crippen molar-refractivity contribution >= 4 is 23.1 Å². The highest BCUT2D eigenvalue weighted by molar-refractivity contribution is 6.02. The van der Waals surface area contributed by atoms with Crippen LogP contribution in [0.1, 0.15) is 22.6 Å². The van der Waals surface area contributed by atoms with Crippen LogP contribution >= 0.6 is 0 Å². The Kier molecular flexibility index (Phi) is 3.26. The summed E-state index contributed by atoms with van der Waals surface area (Å²) in [6.07, 6.45) is 7.36. The van der Waals surface area contributed by atoms with E-state index in [4.69, 9.17) is 5.73 Å². The lowest BCUT2D eigenvalue weighted by atomic mass is 10.3. The molecule has 9 heteroatoms. The van der Waals surface area contributed by atoms with Crippen molar-refractivity contribution in [3.8, 4) is 0 Å². The van der Waals surface area contributed by atoms with Gasteiger partial charge in [0.15, 0.2) is 11.5 Å². The summed E-state index contributed by atoms with van der Waals surface area (Å²) in [6, 6.07) is 1.23. The number of aromatic nitrogens is 4. The second-order valence-electron chi connectivity index (χ2n) is 7.42. The first-order valence-electron chi connectivity index (χ1n) is 8.73. The Morgan fingerprint density at radius 1 is 1.37 bits per heavy atom. The molecule has 1 saturated heterocycles. The van der Waals surface area contributed by atoms with Crippen molar-refractivity contribution in [3.63, 3.8) is 0 Å². The van der Waals surface area contributed by atoms with Gasteiger partial charge in [0.05, 0.1) is 23.8 Å². The van der Waals surface area contributed by atoms with Gasteiger partial charge < -0.3 is 20.4 Å². The van der Waals surface area contributed by atoms with Gasteiger partial charge >= 0.3 is 0 Å². The standard InChI is InChI=1S/C18H18FN7O/c1-10-6-25-8-12(2-13(19)16(25)23-10)24-17(27)14-4-22-15(5-21-14)26-7-11-3-18(11,20)9-26/h2,4-6,8,11H,3,7,9,20H2,1H3,(H,24,27)/t11?,18-/m1/s1. The van der Waals surface area contributed by atoms with Gasteiger partial charge in [-0.15, -0.1) is 0 Å². The van der Waals surface area contributed by atoms with Crippen LogP contribution in [0.5, 0.6) is 0 Å². The molecule has 5 rings (SSSR count). The zero-order valence-electron chi connectivity index (χ0n) is 14.7. The maximum absolute atomic E-state index is 14.1. The molecule has 1 aliphatic heterocycles. The van der Waals surface area contributed by atoms with Crippen molar-refractivity contribution in [3.05, 3.63) is 48.1 Å². The van der Waals surface area contributed by atoms with E-state index < -0.39 is 11.7 Å². The number of nitrogens with zero attached hydrogens (tertiary/aromatic N) is 5. The molecule has 1 aliphatic carbocycles. The number of hydrogen-bond donors (Lipinski definition) is 2. The lowest BCUT2D eigenvalue weighted by Gasteiger charge is -2.19. The first-order valence-corrected chi connectivity index (χ1v) is 8.73. The van der Waals surface area contributed by atoms with Crippen LogP contribution < -0.4 is 16.0 Å². The number of imidazole rings is 1. The van der Waals surface area contributed by atoms with Crippen LogP contribution in [0.2, 0.25) is 0 Å². The molecular weight excluding hydrogens is 349 g/mol. The zero-order valence-corrected chi connectivity index (χ0v) is 14.7. The van der Waals surface area contributed by atoms with Gasteiger partial charge in [-0.25, -0.2) is 19.3 Å². The number of carbonyl (C=O) groups is 1. The third kappa shape index (κ3) is 2.71. The van der Waals surface area contributed by atoms with E-state index in [0.717, 1.165) is 19.5 Å². The molecule has 27 heavy (non-hydrogen) atoms. The van der Waals surface area contributed by atoms with Gasteiger partial charge in [0.1, 0.15) is 11.5 Å². The molecule has 3 aromatic rings. The van der Waals surface area contributed by atoms with Crippen LogP contribution in [-0.4, -0.2) is 43.9 Å². The lowest BCUT2D eigenvalue weighted by molar-refractivity contribution is 0.102. The Bertz CT molecular complexity index is 1060. The fraction of sp³-hybridized carbons (Fsp3) is 0.333. The Balaban J connectivity index is 1.32. The number of amides is 1. The number of piperidine rings is 1. The molecule has 138 valence electrons. The van der Waals surface area contributed by atoms with E-state index >= 15 is 0 Å². The minimum Gasteiger partial charge on any atom is -0.353 e. The predicted molar refractivity (Wildman–Crippen MR) is 97.1 cm³/mol. The van der Waals surface area contributed by atoms with Gasteiger partial charge in [-0.05, 0) is 19.3 Å². The number of rotatable bonds is 3. The number of nitrogens with one attached hydrogen (secondary N) is 1. The van der Waals surface area contributed by atoms with Crippen molar-refractivity contribution in [2.45, 2.75) is 18.9 Å². The predicted octanol–water partition coefficient (Wildman–Crippen LogP) is 1.36. The largest absolute Gasteiger partial charge is 0.353 e. The highest BCUT2D eigenvalue weighted by Gasteiger charge is 2.57. The Hall–Kier alpha value is -3.07. The summed E-state index contributed by atoms with van der Waals surface area (Å²) in [5.74, 6) is 0.277. The minimum atomic E-state index is -0.509. The van der Waals surface area contributed by atoms with E-state index in [-0.39, 0.29) is 16.9 Å². The third-order valence-electron chi connectivity index (χ3n) is 5.28. The van der Waals surface area contributed by atoms with E-state index in [9.17, 15) is 9.18 Å². The quantitative estimate of drug-likeness (QED) is 0.725. The van der Waals surface area contributed by atoms with Crippen LogP contribution in [0, 0.1) is 18.7 Å². The van der Waals surface area contributed by atoms with E-state index in [1.54, 1.807) is 25.5 Å². The molecule has 0 aromatic carbocycles. The van der Waals surface area contributed by atoms with Gasteiger partial charge in [0.2, 0.25) is 0 Å². The van der Waals surface area contributed by atoms with E-state index in [0.29, 0.717) is 23.1 Å². The van der Waals surface area contributed by atoms with Gasteiger partial charge in [0.25, 0.3) is 5.91 Å². The smallest absolute Gasteiger partial charge is 0.275 e. The molecule has 2 atom stereocenters. The topological polar surface area (TPSA) is 101 Å². The molecule has 0 spiro atoms. The molecule has 2 aliphatic rings. The van der Waals surface area contributed by atoms with Gasteiger partial charge in [-0.2, -0.15) is 0 Å². The summed E-state index contributed by atoms with van der Waals surface area (Å²) in [6.45, 7) is 3.42. The van der Waals surface area contributed by atoms with Crippen LogP contribution in [0.4, 0.5) is 15.9 Å². The number of aryl methyl sites for hydroxylation is 1. The molecule has 0 radical (unpaired) electrons. The van der Waals surface area contributed by atoms with Crippen LogP contribution in [0.25, 0.3) is 5.65 Å². The first-order chi connectivity index (χ1) is 12.9. The van der Waals surface area contributed by atoms with Crippen molar-refractivity contribution in [1.29, 1.82) is 0 Å². The summed E-state index contributed by atoms with van der Waals surface area (Å²) in [5, 5.41) is 2.65. The monoisotopic (exact) mass is 367 g/mol. The summed E-state index contributed by atoms with van der Waals surface area (Å²) in [5.41, 5.74) is 7.52. The summed E-state index contributed by atoms with van der Waals surface area (Å²) < 4.78 is 15.7. The molecule has 1 amide bonds. The normalized spacial score (nSPS) is 23.5. The van der Waals surface area contributed by atoms with E-state index in [1.165, 1.54) is 16.7 Å². The fourth-order valence-electron chi connectivity index (χ4n) is 3.74. The summed E-state index contributed by atoms with van der Waals surface area (Å²) in [4.78, 5) is 27.1. The number of halogens is 1. The molecule has 0 bridgehead atoms. The van der Waals surface area contributed by atoms with Crippen molar-refractivity contribution < 1.29 is 9.18 Å². The molecular formula is C18H18FN7O. The number of carbonyl (C=O) groups excluding carboxylic acids is 1. The van der Waals surface area contributed by atoms with Crippen LogP contribution in [0.15, 0.2) is 30.9 Å². The lowest BCUT2D eigenvalue weighted by Crippen LogP contribution is -2.33. The highest BCUT2D eigenvalue weighted by Crippen LogP contribution is 2.47. The van der Waals surface area contributed by atoms with Crippen LogP contribution in [-0.2, 0) is 0 Å². The molecule has 3 N–H and O–H groups in total. The van der Waals surface area contributed by atoms with Crippen molar-refractivity contribution in [2.24, 2.45) is 11.7 Å². The molecule has 4 heterocycles. The first kappa shape index (κ1) is 16.1. The fourth-order valence-corrected chi connectivity index (χ4v) is 3.74. The maximum Gasteiger partial charge on any atom is 0.275 e. The number of fused-ring (bicyclic) bond motifs is 2. The average molecular weight is 367 g/mol. The van der Waals surface area contributed by atoms with Crippen LogP contribution in [0.3, 0.4) is 0 Å². The summed E-state index contributed by atoms with van der Waals surface area (Å²) >= 11 is 0. The maximum atomic E-state index is 14.1. The average Bonchev–Trinajstić information content (AvgIpc) is 2.95. The van der Waals surface area contributed by atoms with Crippen molar-refractivity contribution in [1.82, 2.24) is 19.4 Å². The highest BCUT2D eigenvalue weighted by atomic mass is 19.1. The SMILES string of the molecule is Cc1cn2cc(NC(=O)c3cnc(N4CC5C[C@@]5(N)C4)cn3)cc(F)c2n1. The third-order valence-corrected chi connectivity index (χ3v) is 5.28. The van der Waals surface area contributed by atoms with Gasteiger partial charge in [-0.3, -0.25) is 4.79 Å². The molecule has 1 unspecified atom stereocenters. The molecule has 2 fully saturated rings. The van der Waals surface area contributed by atoms with Gasteiger partial charge in [-0.1, -0.05) is 0 Å². The second-order valence-corrected chi connectivity index (χ2v) is 7.42. The zero-order chi connectivity index (χ0) is 18.8. The second kappa shape index (κ2) is 5.46. The Labute approximate surface area is 154 Å². The minimum absolute atomic E-state index is 0.0773. The summed E-state index contributed by atoms with van der Waals surface area (Å²) in [7, 11) is 0. The van der Waals surface area contributed by atoms with Crippen molar-refractivity contribution in [2.75, 3.05) is 23.3 Å². The number of nitrogens with two attached hydrogens (primary N) is 1.